The first-order chi connectivity index (χ1) is 10.0. The van der Waals surface area contributed by atoms with E-state index in [1.165, 1.54) is 18.3 Å². The predicted octanol–water partition coefficient (Wildman–Crippen LogP) is 1.71. The van der Waals surface area contributed by atoms with Gasteiger partial charge in [-0.2, -0.15) is 0 Å². The van der Waals surface area contributed by atoms with Gasteiger partial charge in [-0.3, -0.25) is 4.79 Å². The first kappa shape index (κ1) is 14.8. The molecule has 8 heteroatoms. The molecule has 1 amide bonds. The summed E-state index contributed by atoms with van der Waals surface area (Å²) in [4.78, 5) is 15.4. The van der Waals surface area contributed by atoms with Crippen molar-refractivity contribution in [2.75, 3.05) is 5.43 Å². The molecule has 1 aromatic carbocycles. The van der Waals surface area contributed by atoms with Crippen molar-refractivity contribution in [1.82, 2.24) is 10.3 Å². The molecule has 0 bridgehead atoms. The number of nitrogen functional groups attached to an aromatic ring is 1. The largest absolute Gasteiger partial charge is 0.348 e. The fourth-order valence-corrected chi connectivity index (χ4v) is 1.65. The van der Waals surface area contributed by atoms with Gasteiger partial charge in [-0.25, -0.2) is 24.0 Å². The number of hydrogen-bond acceptors (Lipinski definition) is 4. The Labute approximate surface area is 118 Å². The second-order valence-electron chi connectivity index (χ2n) is 4.10. The van der Waals surface area contributed by atoms with Gasteiger partial charge in [-0.05, 0) is 23.8 Å². The molecule has 0 aliphatic carbocycles. The number of nitrogens with one attached hydrogen (secondary N) is 2. The van der Waals surface area contributed by atoms with Crippen LogP contribution >= 0.6 is 0 Å². The molecule has 4 N–H and O–H groups in total. The van der Waals surface area contributed by atoms with Crippen LogP contribution in [0.4, 0.5) is 19.0 Å². The topological polar surface area (TPSA) is 80.0 Å². The maximum absolute atomic E-state index is 13.8. The summed E-state index contributed by atoms with van der Waals surface area (Å²) in [5, 5.41) is 2.39. The number of anilines is 1. The molecular formula is C13H11F3N4O. The molecule has 21 heavy (non-hydrogen) atoms. The molecule has 0 unspecified atom stereocenters. The average Bonchev–Trinajstić information content (AvgIpc) is 2.48. The van der Waals surface area contributed by atoms with E-state index in [1.54, 1.807) is 0 Å². The molecule has 2 aromatic rings. The van der Waals surface area contributed by atoms with E-state index in [4.69, 9.17) is 5.84 Å². The SMILES string of the molecule is NNc1nccc(C(=O)NCc2ccc(F)c(F)c2)c1F. The highest BCUT2D eigenvalue weighted by Gasteiger charge is 2.15. The molecule has 0 atom stereocenters. The van der Waals surface area contributed by atoms with Crippen LogP contribution in [-0.2, 0) is 6.54 Å². The Morgan fingerprint density at radius 2 is 1.95 bits per heavy atom. The lowest BCUT2D eigenvalue weighted by Gasteiger charge is -2.08. The zero-order chi connectivity index (χ0) is 15.4. The standard InChI is InChI=1S/C13H11F3N4O/c14-9-2-1-7(5-10(9)15)6-19-13(21)8-3-4-18-12(20-17)11(8)16/h1-5H,6,17H2,(H,18,20)(H,19,21). The molecule has 1 aromatic heterocycles. The van der Waals surface area contributed by atoms with Gasteiger partial charge in [0, 0.05) is 12.7 Å². The lowest BCUT2D eigenvalue weighted by Crippen LogP contribution is -2.25. The van der Waals surface area contributed by atoms with Crippen molar-refractivity contribution < 1.29 is 18.0 Å². The number of hydrazine groups is 1. The zero-order valence-corrected chi connectivity index (χ0v) is 10.7. The molecule has 0 aliphatic heterocycles. The monoisotopic (exact) mass is 296 g/mol. The summed E-state index contributed by atoms with van der Waals surface area (Å²) < 4.78 is 39.6. The zero-order valence-electron chi connectivity index (χ0n) is 10.7. The molecular weight excluding hydrogens is 285 g/mol. The van der Waals surface area contributed by atoms with E-state index in [2.05, 4.69) is 10.3 Å². The number of pyridine rings is 1. The number of halogens is 3. The van der Waals surface area contributed by atoms with E-state index in [0.29, 0.717) is 5.56 Å². The Kier molecular flexibility index (Phi) is 4.39. The summed E-state index contributed by atoms with van der Waals surface area (Å²) in [6, 6.07) is 4.39. The van der Waals surface area contributed by atoms with E-state index in [0.717, 1.165) is 12.1 Å². The number of hydrogen-bond donors (Lipinski definition) is 3. The number of amides is 1. The summed E-state index contributed by atoms with van der Waals surface area (Å²) in [5.41, 5.74) is 2.10. The quantitative estimate of drug-likeness (QED) is 0.593. The first-order valence-electron chi connectivity index (χ1n) is 5.86. The Hall–Kier alpha value is -2.61. The van der Waals surface area contributed by atoms with Crippen LogP contribution in [0.1, 0.15) is 15.9 Å². The highest BCUT2D eigenvalue weighted by molar-refractivity contribution is 5.95. The Bertz CT molecular complexity index is 678. The van der Waals surface area contributed by atoms with Crippen molar-refractivity contribution in [3.8, 4) is 0 Å². The number of rotatable bonds is 4. The maximum Gasteiger partial charge on any atom is 0.254 e. The van der Waals surface area contributed by atoms with Crippen LogP contribution in [0.5, 0.6) is 0 Å². The van der Waals surface area contributed by atoms with Crippen molar-refractivity contribution in [1.29, 1.82) is 0 Å². The van der Waals surface area contributed by atoms with Crippen LogP contribution in [-0.4, -0.2) is 10.9 Å². The third-order valence-electron chi connectivity index (χ3n) is 2.71. The van der Waals surface area contributed by atoms with Crippen LogP contribution in [0.2, 0.25) is 0 Å². The van der Waals surface area contributed by atoms with Gasteiger partial charge in [0.15, 0.2) is 23.3 Å². The molecule has 0 radical (unpaired) electrons. The number of nitrogens with zero attached hydrogens (tertiary/aromatic N) is 1. The summed E-state index contributed by atoms with van der Waals surface area (Å²) >= 11 is 0. The molecule has 110 valence electrons. The molecule has 1 heterocycles. The van der Waals surface area contributed by atoms with Crippen LogP contribution in [0.15, 0.2) is 30.5 Å². The highest BCUT2D eigenvalue weighted by Crippen LogP contribution is 2.14. The molecule has 5 nitrogen and oxygen atoms in total. The van der Waals surface area contributed by atoms with Gasteiger partial charge < -0.3 is 10.7 Å². The van der Waals surface area contributed by atoms with E-state index in [-0.39, 0.29) is 17.9 Å². The average molecular weight is 296 g/mol. The predicted molar refractivity (Wildman–Crippen MR) is 69.5 cm³/mol. The number of benzene rings is 1. The highest BCUT2D eigenvalue weighted by atomic mass is 19.2. The van der Waals surface area contributed by atoms with Gasteiger partial charge in [0.2, 0.25) is 0 Å². The third kappa shape index (κ3) is 3.29. The summed E-state index contributed by atoms with van der Waals surface area (Å²) in [7, 11) is 0. The van der Waals surface area contributed by atoms with E-state index in [9.17, 15) is 18.0 Å². The lowest BCUT2D eigenvalue weighted by molar-refractivity contribution is 0.0946. The minimum Gasteiger partial charge on any atom is -0.348 e. The maximum atomic E-state index is 13.8. The van der Waals surface area contributed by atoms with E-state index in [1.807, 2.05) is 5.43 Å². The van der Waals surface area contributed by atoms with Crippen molar-refractivity contribution in [3.05, 3.63) is 59.0 Å². The second-order valence-corrected chi connectivity index (χ2v) is 4.10. The van der Waals surface area contributed by atoms with Gasteiger partial charge >= 0.3 is 0 Å². The van der Waals surface area contributed by atoms with Crippen molar-refractivity contribution in [2.24, 2.45) is 5.84 Å². The second kappa shape index (κ2) is 6.23. The summed E-state index contributed by atoms with van der Waals surface area (Å²) in [5.74, 6) is 1.16. The van der Waals surface area contributed by atoms with Crippen molar-refractivity contribution in [2.45, 2.75) is 6.54 Å². The molecule has 0 aliphatic rings. The summed E-state index contributed by atoms with van der Waals surface area (Å²) in [6.07, 6.45) is 1.21. The summed E-state index contributed by atoms with van der Waals surface area (Å²) in [6.45, 7) is -0.0802. The number of aromatic nitrogens is 1. The minimum absolute atomic E-state index is 0.0802. The Morgan fingerprint density at radius 1 is 1.19 bits per heavy atom. The minimum atomic E-state index is -1.02. The van der Waals surface area contributed by atoms with E-state index >= 15 is 0 Å². The smallest absolute Gasteiger partial charge is 0.254 e. The van der Waals surface area contributed by atoms with Crippen molar-refractivity contribution in [3.63, 3.8) is 0 Å². The van der Waals surface area contributed by atoms with E-state index < -0.39 is 23.4 Å². The fourth-order valence-electron chi connectivity index (χ4n) is 1.65. The molecule has 2 rings (SSSR count). The number of carbonyl (C=O) groups is 1. The molecule has 0 fully saturated rings. The fraction of sp³-hybridized carbons (Fsp3) is 0.0769. The number of carbonyl (C=O) groups excluding carboxylic acids is 1. The van der Waals surface area contributed by atoms with Gasteiger partial charge in [-0.1, -0.05) is 6.07 Å². The van der Waals surface area contributed by atoms with Gasteiger partial charge in [0.05, 0.1) is 5.56 Å². The first-order valence-corrected chi connectivity index (χ1v) is 5.86. The van der Waals surface area contributed by atoms with Crippen LogP contribution in [0.3, 0.4) is 0 Å². The Balaban J connectivity index is 2.10. The number of nitrogens with two attached hydrogens (primary N) is 1. The van der Waals surface area contributed by atoms with Crippen molar-refractivity contribution >= 4 is 11.7 Å². The van der Waals surface area contributed by atoms with Crippen LogP contribution < -0.4 is 16.6 Å². The Morgan fingerprint density at radius 3 is 2.62 bits per heavy atom. The van der Waals surface area contributed by atoms with Gasteiger partial charge in [-0.15, -0.1) is 0 Å². The molecule has 0 saturated carbocycles. The lowest BCUT2D eigenvalue weighted by atomic mass is 10.2. The molecule has 0 saturated heterocycles. The van der Waals surface area contributed by atoms with Crippen LogP contribution in [0.25, 0.3) is 0 Å². The van der Waals surface area contributed by atoms with Gasteiger partial charge in [0.25, 0.3) is 5.91 Å². The normalized spacial score (nSPS) is 10.3. The third-order valence-corrected chi connectivity index (χ3v) is 2.71. The van der Waals surface area contributed by atoms with Gasteiger partial charge in [0.1, 0.15) is 0 Å². The van der Waals surface area contributed by atoms with Crippen LogP contribution in [0, 0.1) is 17.5 Å². The molecule has 0 spiro atoms.